The molecule has 0 saturated heterocycles. The lowest BCUT2D eigenvalue weighted by Crippen LogP contribution is -2.13. The Morgan fingerprint density at radius 1 is 1.32 bits per heavy atom. The van der Waals surface area contributed by atoms with Gasteiger partial charge in [-0.3, -0.25) is 9.59 Å². The summed E-state index contributed by atoms with van der Waals surface area (Å²) in [6.45, 7) is 1.90. The maximum atomic E-state index is 12.2. The second-order valence-corrected chi connectivity index (χ2v) is 6.71. The van der Waals surface area contributed by atoms with Crippen molar-refractivity contribution in [1.29, 1.82) is 0 Å². The van der Waals surface area contributed by atoms with Crippen LogP contribution in [-0.4, -0.2) is 23.6 Å². The molecule has 1 heterocycles. The molecular weight excluding hydrogens is 340 g/mol. The molecule has 1 aliphatic rings. The number of primary amides is 1. The van der Waals surface area contributed by atoms with Crippen molar-refractivity contribution in [3.05, 3.63) is 46.2 Å². The van der Waals surface area contributed by atoms with Crippen LogP contribution in [0, 0.1) is 6.92 Å². The van der Waals surface area contributed by atoms with E-state index in [1.54, 1.807) is 6.07 Å². The monoisotopic (exact) mass is 360 g/mol. The summed E-state index contributed by atoms with van der Waals surface area (Å²) < 4.78 is 6.93. The van der Waals surface area contributed by atoms with E-state index in [2.05, 4.69) is 4.57 Å². The lowest BCUT2D eigenvalue weighted by molar-refractivity contribution is -0.140. The van der Waals surface area contributed by atoms with Gasteiger partial charge in [0.25, 0.3) is 5.91 Å². The van der Waals surface area contributed by atoms with E-state index in [0.717, 1.165) is 35.4 Å². The zero-order valence-electron chi connectivity index (χ0n) is 14.3. The normalized spacial score (nSPS) is 13.7. The molecule has 1 fully saturated rings. The van der Waals surface area contributed by atoms with E-state index < -0.39 is 5.91 Å². The van der Waals surface area contributed by atoms with Crippen molar-refractivity contribution in [2.45, 2.75) is 38.6 Å². The van der Waals surface area contributed by atoms with Crippen molar-refractivity contribution >= 4 is 23.5 Å². The van der Waals surface area contributed by atoms with Crippen LogP contribution in [-0.2, 0) is 16.0 Å². The van der Waals surface area contributed by atoms with E-state index in [1.807, 2.05) is 25.1 Å². The van der Waals surface area contributed by atoms with Crippen molar-refractivity contribution in [3.63, 3.8) is 0 Å². The SMILES string of the molecule is COC(=O)CCc1c(-c2ccccc2Cl)c(C(N)=O)c(C)n1C1CC1. The summed E-state index contributed by atoms with van der Waals surface area (Å²) in [6.07, 6.45) is 2.82. The Hall–Kier alpha value is -2.27. The maximum Gasteiger partial charge on any atom is 0.305 e. The largest absolute Gasteiger partial charge is 0.469 e. The zero-order chi connectivity index (χ0) is 18.1. The molecular formula is C19H21ClN2O3. The lowest BCUT2D eigenvalue weighted by atomic mass is 9.98. The number of hydrogen-bond acceptors (Lipinski definition) is 3. The molecule has 6 heteroatoms. The molecule has 3 rings (SSSR count). The van der Waals surface area contributed by atoms with Gasteiger partial charge in [0.15, 0.2) is 0 Å². The highest BCUT2D eigenvalue weighted by Crippen LogP contribution is 2.44. The number of ether oxygens (including phenoxy) is 1. The number of rotatable bonds is 6. The average Bonchev–Trinajstić information content (AvgIpc) is 3.37. The number of benzene rings is 1. The molecule has 0 unspecified atom stereocenters. The average molecular weight is 361 g/mol. The quantitative estimate of drug-likeness (QED) is 0.799. The lowest BCUT2D eigenvalue weighted by Gasteiger charge is -2.12. The first-order valence-corrected chi connectivity index (χ1v) is 8.68. The smallest absolute Gasteiger partial charge is 0.305 e. The Bertz CT molecular complexity index is 837. The first-order chi connectivity index (χ1) is 12.0. The number of aromatic nitrogens is 1. The Labute approximate surface area is 151 Å². The first-order valence-electron chi connectivity index (χ1n) is 8.30. The van der Waals surface area contributed by atoms with Gasteiger partial charge in [0.05, 0.1) is 19.1 Å². The molecule has 1 saturated carbocycles. The van der Waals surface area contributed by atoms with Crippen molar-refractivity contribution < 1.29 is 14.3 Å². The second kappa shape index (κ2) is 6.92. The summed E-state index contributed by atoms with van der Waals surface area (Å²) in [5.74, 6) is -0.766. The number of hydrogen-bond donors (Lipinski definition) is 1. The van der Waals surface area contributed by atoms with Crippen LogP contribution in [0.4, 0.5) is 0 Å². The maximum absolute atomic E-state index is 12.2. The van der Waals surface area contributed by atoms with Gasteiger partial charge in [-0.15, -0.1) is 0 Å². The summed E-state index contributed by atoms with van der Waals surface area (Å²) in [5.41, 5.74) is 9.45. The minimum Gasteiger partial charge on any atom is -0.469 e. The zero-order valence-corrected chi connectivity index (χ0v) is 15.1. The van der Waals surface area contributed by atoms with Gasteiger partial charge < -0.3 is 15.0 Å². The Morgan fingerprint density at radius 3 is 2.56 bits per heavy atom. The van der Waals surface area contributed by atoms with Gasteiger partial charge in [0.1, 0.15) is 0 Å². The highest BCUT2D eigenvalue weighted by Gasteiger charge is 2.33. The number of nitrogens with zero attached hydrogens (tertiary/aromatic N) is 1. The molecule has 5 nitrogen and oxygen atoms in total. The summed E-state index contributed by atoms with van der Waals surface area (Å²) in [5, 5.41) is 0.553. The second-order valence-electron chi connectivity index (χ2n) is 6.30. The fourth-order valence-corrected chi connectivity index (χ4v) is 3.65. The van der Waals surface area contributed by atoms with Gasteiger partial charge >= 0.3 is 5.97 Å². The number of amides is 1. The minimum absolute atomic E-state index is 0.238. The number of carbonyl (C=O) groups excluding carboxylic acids is 2. The van der Waals surface area contributed by atoms with Crippen molar-refractivity contribution in [2.24, 2.45) is 5.73 Å². The Balaban J connectivity index is 2.22. The first kappa shape index (κ1) is 17.5. The third-order valence-electron chi connectivity index (χ3n) is 4.65. The van der Waals surface area contributed by atoms with Gasteiger partial charge in [-0.25, -0.2) is 0 Å². The molecule has 0 radical (unpaired) electrons. The minimum atomic E-state index is -0.480. The highest BCUT2D eigenvalue weighted by molar-refractivity contribution is 6.33. The summed E-state index contributed by atoms with van der Waals surface area (Å²) in [7, 11) is 1.37. The number of halogens is 1. The summed E-state index contributed by atoms with van der Waals surface area (Å²) in [6, 6.07) is 7.73. The number of esters is 1. The molecule has 25 heavy (non-hydrogen) atoms. The van der Waals surface area contributed by atoms with E-state index in [9.17, 15) is 9.59 Å². The van der Waals surface area contributed by atoms with Crippen LogP contribution in [0.5, 0.6) is 0 Å². The van der Waals surface area contributed by atoms with E-state index in [1.165, 1.54) is 7.11 Å². The fourth-order valence-electron chi connectivity index (χ4n) is 3.42. The standard InChI is InChI=1S/C19H21ClN2O3/c1-11-17(19(21)24)18(13-5-3-4-6-14(13)20)15(9-10-16(23)25-2)22(11)12-7-8-12/h3-6,12H,7-10H2,1-2H3,(H2,21,24). The summed E-state index contributed by atoms with van der Waals surface area (Å²) >= 11 is 6.40. The van der Waals surface area contributed by atoms with E-state index in [-0.39, 0.29) is 12.4 Å². The van der Waals surface area contributed by atoms with E-state index in [4.69, 9.17) is 22.1 Å². The molecule has 132 valence electrons. The molecule has 0 bridgehead atoms. The molecule has 1 aromatic carbocycles. The van der Waals surface area contributed by atoms with Gasteiger partial charge in [-0.1, -0.05) is 29.8 Å². The van der Waals surface area contributed by atoms with Crippen LogP contribution < -0.4 is 5.73 Å². The van der Waals surface area contributed by atoms with Crippen LogP contribution in [0.3, 0.4) is 0 Å². The molecule has 1 amide bonds. The van der Waals surface area contributed by atoms with Crippen LogP contribution in [0.25, 0.3) is 11.1 Å². The highest BCUT2D eigenvalue weighted by atomic mass is 35.5. The van der Waals surface area contributed by atoms with Crippen LogP contribution in [0.1, 0.15) is 47.1 Å². The molecule has 0 atom stereocenters. The van der Waals surface area contributed by atoms with Gasteiger partial charge in [0, 0.05) is 33.6 Å². The third kappa shape index (κ3) is 3.29. The molecule has 0 spiro atoms. The summed E-state index contributed by atoms with van der Waals surface area (Å²) in [4.78, 5) is 23.9. The molecule has 0 aliphatic heterocycles. The predicted molar refractivity (Wildman–Crippen MR) is 96.7 cm³/mol. The van der Waals surface area contributed by atoms with Crippen LogP contribution >= 0.6 is 11.6 Å². The number of nitrogens with two attached hydrogens (primary N) is 1. The van der Waals surface area contributed by atoms with Crippen molar-refractivity contribution in [3.8, 4) is 11.1 Å². The van der Waals surface area contributed by atoms with E-state index in [0.29, 0.717) is 23.0 Å². The van der Waals surface area contributed by atoms with Crippen molar-refractivity contribution in [2.75, 3.05) is 7.11 Å². The molecule has 2 aromatic rings. The fraction of sp³-hybridized carbons (Fsp3) is 0.368. The van der Waals surface area contributed by atoms with Gasteiger partial charge in [-0.05, 0) is 32.3 Å². The number of carbonyl (C=O) groups is 2. The third-order valence-corrected chi connectivity index (χ3v) is 4.98. The topological polar surface area (TPSA) is 74.3 Å². The van der Waals surface area contributed by atoms with Gasteiger partial charge in [-0.2, -0.15) is 0 Å². The Kier molecular flexibility index (Phi) is 4.86. The van der Waals surface area contributed by atoms with E-state index >= 15 is 0 Å². The predicted octanol–water partition coefficient (Wildman–Crippen LogP) is 3.66. The molecule has 1 aromatic heterocycles. The Morgan fingerprint density at radius 2 is 2.00 bits per heavy atom. The van der Waals surface area contributed by atoms with Gasteiger partial charge in [0.2, 0.25) is 0 Å². The van der Waals surface area contributed by atoms with Crippen LogP contribution in [0.2, 0.25) is 5.02 Å². The molecule has 2 N–H and O–H groups in total. The number of methoxy groups -OCH3 is 1. The molecule has 1 aliphatic carbocycles. The van der Waals surface area contributed by atoms with Crippen LogP contribution in [0.15, 0.2) is 24.3 Å². The van der Waals surface area contributed by atoms with Crippen molar-refractivity contribution in [1.82, 2.24) is 4.57 Å².